The van der Waals surface area contributed by atoms with Crippen LogP contribution in [0, 0.1) is 5.92 Å². The number of carbonyl (C=O) groups is 2. The Morgan fingerprint density at radius 2 is 1.97 bits per heavy atom. The second-order valence-electron chi connectivity index (χ2n) is 9.82. The normalized spacial score (nSPS) is 23.1. The van der Waals surface area contributed by atoms with E-state index in [1.165, 1.54) is 0 Å². The van der Waals surface area contributed by atoms with Gasteiger partial charge in [0.05, 0.1) is 30.4 Å². The lowest BCUT2D eigenvalue weighted by molar-refractivity contribution is -0.000451. The fourth-order valence-electron chi connectivity index (χ4n) is 4.12. The van der Waals surface area contributed by atoms with Crippen molar-refractivity contribution in [1.82, 2.24) is 15.5 Å². The number of urea groups is 1. The Morgan fingerprint density at radius 3 is 2.63 bits per heavy atom. The van der Waals surface area contributed by atoms with Crippen molar-refractivity contribution in [2.45, 2.75) is 78.2 Å². The van der Waals surface area contributed by atoms with Crippen LogP contribution in [-0.4, -0.2) is 79.6 Å². The summed E-state index contributed by atoms with van der Waals surface area (Å²) in [5.41, 5.74) is 0.850. The molecular formula is C26H44N4O5. The van der Waals surface area contributed by atoms with Gasteiger partial charge in [0, 0.05) is 37.3 Å². The maximum Gasteiger partial charge on any atom is 0.319 e. The number of ether oxygens (including phenoxy) is 2. The van der Waals surface area contributed by atoms with Gasteiger partial charge >= 0.3 is 6.03 Å². The number of rotatable bonds is 6. The van der Waals surface area contributed by atoms with Crippen molar-refractivity contribution in [3.63, 3.8) is 0 Å². The van der Waals surface area contributed by atoms with Gasteiger partial charge in [-0.1, -0.05) is 6.92 Å². The molecule has 9 heteroatoms. The Labute approximate surface area is 209 Å². The molecular weight excluding hydrogens is 448 g/mol. The maximum absolute atomic E-state index is 13.9. The van der Waals surface area contributed by atoms with E-state index in [2.05, 4.69) is 22.9 Å². The number of carbonyl (C=O) groups excluding carboxylic acids is 2. The summed E-state index contributed by atoms with van der Waals surface area (Å²) < 4.78 is 12.4. The molecule has 0 aromatic heterocycles. The summed E-state index contributed by atoms with van der Waals surface area (Å²) in [5.74, 6) is 0.249. The lowest BCUT2D eigenvalue weighted by Crippen LogP contribution is -2.47. The fraction of sp³-hybridized carbons (Fsp3) is 0.692. The smallest absolute Gasteiger partial charge is 0.319 e. The molecule has 0 spiro atoms. The molecule has 9 nitrogen and oxygen atoms in total. The first-order valence-corrected chi connectivity index (χ1v) is 12.7. The number of nitrogens with zero attached hydrogens (tertiary/aromatic N) is 1. The van der Waals surface area contributed by atoms with E-state index in [1.807, 2.05) is 34.7 Å². The van der Waals surface area contributed by atoms with Crippen LogP contribution in [0.2, 0.25) is 0 Å². The highest BCUT2D eigenvalue weighted by Gasteiger charge is 2.29. The minimum Gasteiger partial charge on any atom is -0.490 e. The van der Waals surface area contributed by atoms with E-state index in [0.29, 0.717) is 36.7 Å². The number of nitrogens with one attached hydrogen (secondary N) is 3. The second kappa shape index (κ2) is 14.3. The predicted octanol–water partition coefficient (Wildman–Crippen LogP) is 3.23. The molecule has 0 unspecified atom stereocenters. The topological polar surface area (TPSA) is 112 Å². The number of anilines is 1. The number of fused-ring (bicyclic) bond motifs is 1. The van der Waals surface area contributed by atoms with Crippen LogP contribution in [0.15, 0.2) is 18.2 Å². The molecule has 1 aromatic carbocycles. The van der Waals surface area contributed by atoms with E-state index >= 15 is 0 Å². The van der Waals surface area contributed by atoms with Crippen LogP contribution in [0.1, 0.15) is 64.2 Å². The summed E-state index contributed by atoms with van der Waals surface area (Å²) in [4.78, 5) is 27.8. The highest BCUT2D eigenvalue weighted by atomic mass is 16.5. The van der Waals surface area contributed by atoms with Crippen molar-refractivity contribution in [3.8, 4) is 5.75 Å². The molecule has 0 saturated carbocycles. The van der Waals surface area contributed by atoms with E-state index in [4.69, 9.17) is 9.47 Å². The number of amides is 3. The molecule has 3 amide bonds. The van der Waals surface area contributed by atoms with Crippen LogP contribution in [0.25, 0.3) is 0 Å². The van der Waals surface area contributed by atoms with Crippen LogP contribution in [0.5, 0.6) is 5.75 Å². The third-order valence-electron chi connectivity index (χ3n) is 6.13. The number of aliphatic hydroxyl groups excluding tert-OH is 1. The third kappa shape index (κ3) is 8.98. The van der Waals surface area contributed by atoms with Gasteiger partial charge < -0.3 is 35.4 Å². The van der Waals surface area contributed by atoms with Crippen LogP contribution in [0.3, 0.4) is 0 Å². The first kappa shape index (κ1) is 28.9. The van der Waals surface area contributed by atoms with Crippen molar-refractivity contribution >= 4 is 17.6 Å². The molecule has 4 N–H and O–H groups in total. The maximum atomic E-state index is 13.9. The summed E-state index contributed by atoms with van der Waals surface area (Å²) >= 11 is 0. The second-order valence-corrected chi connectivity index (χ2v) is 9.82. The van der Waals surface area contributed by atoms with E-state index in [-0.39, 0.29) is 42.7 Å². The molecule has 0 bridgehead atoms. The van der Waals surface area contributed by atoms with E-state index in [9.17, 15) is 14.7 Å². The highest BCUT2D eigenvalue weighted by Crippen LogP contribution is 2.28. The first-order valence-electron chi connectivity index (χ1n) is 12.7. The Bertz CT molecular complexity index is 819. The molecule has 1 heterocycles. The highest BCUT2D eigenvalue weighted by molar-refractivity contribution is 5.99. The molecule has 0 saturated heterocycles. The summed E-state index contributed by atoms with van der Waals surface area (Å²) in [6, 6.07) is 4.36. The average molecular weight is 493 g/mol. The van der Waals surface area contributed by atoms with Crippen molar-refractivity contribution in [3.05, 3.63) is 23.8 Å². The van der Waals surface area contributed by atoms with E-state index in [0.717, 1.165) is 19.3 Å². The fourth-order valence-corrected chi connectivity index (χ4v) is 4.12. The molecule has 2 rings (SSSR count). The summed E-state index contributed by atoms with van der Waals surface area (Å²) in [6.45, 7) is 11.2. The monoisotopic (exact) mass is 492 g/mol. The van der Waals surface area contributed by atoms with Gasteiger partial charge in [-0.05, 0) is 72.2 Å². The minimum atomic E-state index is -0.404. The molecule has 4 atom stereocenters. The van der Waals surface area contributed by atoms with Gasteiger partial charge in [0.2, 0.25) is 0 Å². The molecule has 35 heavy (non-hydrogen) atoms. The minimum absolute atomic E-state index is 0.0201. The summed E-state index contributed by atoms with van der Waals surface area (Å²) in [6.07, 6.45) is 2.55. The Hall–Kier alpha value is -2.36. The summed E-state index contributed by atoms with van der Waals surface area (Å²) in [7, 11) is 1.89. The third-order valence-corrected chi connectivity index (χ3v) is 6.13. The van der Waals surface area contributed by atoms with Crippen molar-refractivity contribution < 1.29 is 24.2 Å². The van der Waals surface area contributed by atoms with Gasteiger partial charge in [0.25, 0.3) is 5.91 Å². The van der Waals surface area contributed by atoms with Gasteiger partial charge in [-0.15, -0.1) is 0 Å². The standard InChI is InChI=1S/C26H44N4O5/c1-17(2)28-26(33)29-21-10-11-23-22(13-21)25(32)30(19(4)16-31)15-18(3)24(14-27-6)34-12-8-7-9-20(5)35-23/h10-11,13,17-20,24,27,31H,7-9,12,14-16H2,1-6H3,(H2,28,29,33)/t18-,19-,20-,24+/m1/s1. The van der Waals surface area contributed by atoms with Crippen LogP contribution in [-0.2, 0) is 4.74 Å². The van der Waals surface area contributed by atoms with Crippen molar-refractivity contribution in [1.29, 1.82) is 0 Å². The zero-order valence-corrected chi connectivity index (χ0v) is 22.1. The number of hydrogen-bond acceptors (Lipinski definition) is 6. The molecule has 1 aliphatic heterocycles. The first-order chi connectivity index (χ1) is 16.7. The number of likely N-dealkylation sites (N-methyl/N-ethyl adjacent to an activating group) is 1. The number of hydrogen-bond donors (Lipinski definition) is 4. The van der Waals surface area contributed by atoms with Crippen LogP contribution >= 0.6 is 0 Å². The van der Waals surface area contributed by atoms with Crippen molar-refractivity contribution in [2.24, 2.45) is 5.92 Å². The quantitative estimate of drug-likeness (QED) is 0.485. The number of benzene rings is 1. The molecule has 0 aliphatic carbocycles. The lowest BCUT2D eigenvalue weighted by Gasteiger charge is -2.34. The van der Waals surface area contributed by atoms with Gasteiger partial charge in [-0.3, -0.25) is 4.79 Å². The molecule has 0 radical (unpaired) electrons. The Balaban J connectivity index is 2.46. The van der Waals surface area contributed by atoms with Crippen LogP contribution < -0.4 is 20.7 Å². The van der Waals surface area contributed by atoms with Crippen LogP contribution in [0.4, 0.5) is 10.5 Å². The average Bonchev–Trinajstić information content (AvgIpc) is 2.80. The largest absolute Gasteiger partial charge is 0.490 e. The molecule has 1 aromatic rings. The molecule has 198 valence electrons. The SMILES string of the molecule is CNC[C@@H]1OCCCC[C@@H](C)Oc2ccc(NC(=O)NC(C)C)cc2C(=O)N([C@H](C)CO)C[C@H]1C. The van der Waals surface area contributed by atoms with Crippen molar-refractivity contribution in [2.75, 3.05) is 38.7 Å². The zero-order chi connectivity index (χ0) is 26.0. The predicted molar refractivity (Wildman–Crippen MR) is 138 cm³/mol. The van der Waals surface area contributed by atoms with E-state index in [1.54, 1.807) is 23.1 Å². The van der Waals surface area contributed by atoms with Gasteiger partial charge in [-0.2, -0.15) is 0 Å². The molecule has 0 fully saturated rings. The lowest BCUT2D eigenvalue weighted by atomic mass is 10.0. The van der Waals surface area contributed by atoms with Gasteiger partial charge in [0.1, 0.15) is 5.75 Å². The van der Waals surface area contributed by atoms with Gasteiger partial charge in [-0.25, -0.2) is 4.79 Å². The van der Waals surface area contributed by atoms with E-state index < -0.39 is 6.04 Å². The molecule has 1 aliphatic rings. The zero-order valence-electron chi connectivity index (χ0n) is 22.1. The number of aliphatic hydroxyl groups is 1. The summed E-state index contributed by atoms with van der Waals surface area (Å²) in [5, 5.41) is 18.7. The Morgan fingerprint density at radius 1 is 1.23 bits per heavy atom. The Kier molecular flexibility index (Phi) is 11.8. The van der Waals surface area contributed by atoms with Gasteiger partial charge in [0.15, 0.2) is 0 Å².